The van der Waals surface area contributed by atoms with Gasteiger partial charge >= 0.3 is 5.97 Å². The molecule has 2 heterocycles. The molecule has 0 amide bonds. The molecule has 0 aromatic carbocycles. The molecule has 0 aliphatic rings. The second-order valence-electron chi connectivity index (χ2n) is 6.21. The molecule has 0 saturated carbocycles. The minimum atomic E-state index is -0.760. The molecule has 1 unspecified atom stereocenters. The lowest BCUT2D eigenvalue weighted by Crippen LogP contribution is -2.35. The Morgan fingerprint density at radius 1 is 1.17 bits per heavy atom. The highest BCUT2D eigenvalue weighted by molar-refractivity contribution is 6.30. The number of pyridine rings is 2. The van der Waals surface area contributed by atoms with Gasteiger partial charge in [0.25, 0.3) is 0 Å². The summed E-state index contributed by atoms with van der Waals surface area (Å²) in [4.78, 5) is 21.0. The number of rotatable bonds is 5. The summed E-state index contributed by atoms with van der Waals surface area (Å²) in [5, 5.41) is 4.19. The summed E-state index contributed by atoms with van der Waals surface area (Å²) in [7, 11) is 0. The van der Waals surface area contributed by atoms with Crippen LogP contribution in [0.1, 0.15) is 38.2 Å². The Balaban J connectivity index is 2.20. The first-order valence-corrected chi connectivity index (χ1v) is 8.18. The number of esters is 1. The van der Waals surface area contributed by atoms with Crippen LogP contribution >= 0.6 is 23.2 Å². The second-order valence-corrected chi connectivity index (χ2v) is 7.08. The molecule has 0 bridgehead atoms. The van der Waals surface area contributed by atoms with Crippen molar-refractivity contribution >= 4 is 29.2 Å². The molecule has 7 heteroatoms. The normalized spacial score (nSPS) is 12.7. The van der Waals surface area contributed by atoms with E-state index >= 15 is 0 Å². The van der Waals surface area contributed by atoms with E-state index in [0.717, 1.165) is 0 Å². The van der Waals surface area contributed by atoms with Crippen molar-refractivity contribution in [1.82, 2.24) is 15.3 Å². The van der Waals surface area contributed by atoms with Crippen LogP contribution in [-0.4, -0.2) is 21.5 Å². The van der Waals surface area contributed by atoms with E-state index in [0.29, 0.717) is 28.0 Å². The molecule has 2 aromatic heterocycles. The zero-order valence-corrected chi connectivity index (χ0v) is 15.2. The molecule has 1 atom stereocenters. The van der Waals surface area contributed by atoms with Gasteiger partial charge in [0.1, 0.15) is 11.6 Å². The molecule has 2 aromatic rings. The lowest BCUT2D eigenvalue weighted by Gasteiger charge is -2.24. The average Bonchev–Trinajstić information content (AvgIpc) is 2.45. The van der Waals surface area contributed by atoms with E-state index in [2.05, 4.69) is 15.3 Å². The Hall–Kier alpha value is -1.69. The zero-order chi connectivity index (χ0) is 17.7. The number of hydrogen-bond donors (Lipinski definition) is 1. The highest BCUT2D eigenvalue weighted by atomic mass is 35.5. The summed E-state index contributed by atoms with van der Waals surface area (Å²) in [6.07, 6.45) is 3.16. The topological polar surface area (TPSA) is 64.1 Å². The number of aromatic nitrogens is 2. The van der Waals surface area contributed by atoms with Gasteiger partial charge in [0, 0.05) is 29.0 Å². The fourth-order valence-electron chi connectivity index (χ4n) is 2.00. The molecular weight excluding hydrogens is 349 g/mol. The van der Waals surface area contributed by atoms with Crippen LogP contribution in [0.25, 0.3) is 0 Å². The molecular formula is C17H19Cl2N3O2. The predicted octanol–water partition coefficient (Wildman–Crippen LogP) is 3.96. The first-order valence-electron chi connectivity index (χ1n) is 7.43. The minimum Gasteiger partial charge on any atom is -0.459 e. The Bertz CT molecular complexity index is 717. The predicted molar refractivity (Wildman–Crippen MR) is 93.9 cm³/mol. The SMILES string of the molecule is CC(C)(C)OC(=O)C(NCc1cc(Cl)ccn1)c1cc(Cl)ccn1. The van der Waals surface area contributed by atoms with Crippen LogP contribution in [0.3, 0.4) is 0 Å². The fraction of sp³-hybridized carbons (Fsp3) is 0.353. The van der Waals surface area contributed by atoms with Gasteiger partial charge < -0.3 is 4.74 Å². The quantitative estimate of drug-likeness (QED) is 0.810. The molecule has 5 nitrogen and oxygen atoms in total. The Labute approximate surface area is 151 Å². The summed E-state index contributed by atoms with van der Waals surface area (Å²) in [5.41, 5.74) is 0.584. The number of ether oxygens (including phenoxy) is 1. The number of hydrogen-bond acceptors (Lipinski definition) is 5. The number of carbonyl (C=O) groups excluding carboxylic acids is 1. The largest absolute Gasteiger partial charge is 0.459 e. The van der Waals surface area contributed by atoms with Crippen LogP contribution in [-0.2, 0) is 16.1 Å². The van der Waals surface area contributed by atoms with E-state index in [1.54, 1.807) is 36.7 Å². The third kappa shape index (κ3) is 5.74. The maximum atomic E-state index is 12.5. The first kappa shape index (κ1) is 18.6. The van der Waals surface area contributed by atoms with E-state index in [-0.39, 0.29) is 0 Å². The summed E-state index contributed by atoms with van der Waals surface area (Å²) in [6.45, 7) is 5.77. The molecule has 0 spiro atoms. The summed E-state index contributed by atoms with van der Waals surface area (Å²) in [5.74, 6) is -0.431. The van der Waals surface area contributed by atoms with Crippen molar-refractivity contribution in [2.45, 2.75) is 39.0 Å². The van der Waals surface area contributed by atoms with Gasteiger partial charge in [-0.25, -0.2) is 4.79 Å². The molecule has 0 aliphatic carbocycles. The second kappa shape index (κ2) is 7.92. The van der Waals surface area contributed by atoms with Crippen LogP contribution < -0.4 is 5.32 Å². The van der Waals surface area contributed by atoms with E-state index < -0.39 is 17.6 Å². The van der Waals surface area contributed by atoms with E-state index in [4.69, 9.17) is 27.9 Å². The molecule has 24 heavy (non-hydrogen) atoms. The van der Waals surface area contributed by atoms with Gasteiger partial charge in [0.15, 0.2) is 0 Å². The standard InChI is InChI=1S/C17H19Cl2N3O2/c1-17(2,3)24-16(23)15(14-9-12(19)5-7-21-14)22-10-13-8-11(18)4-6-20-13/h4-9,15,22H,10H2,1-3H3. The lowest BCUT2D eigenvalue weighted by atomic mass is 10.1. The number of halogens is 2. The van der Waals surface area contributed by atoms with Crippen LogP contribution in [0.2, 0.25) is 10.0 Å². The van der Waals surface area contributed by atoms with Crippen molar-refractivity contribution < 1.29 is 9.53 Å². The smallest absolute Gasteiger partial charge is 0.329 e. The van der Waals surface area contributed by atoms with Gasteiger partial charge in [0.2, 0.25) is 0 Å². The van der Waals surface area contributed by atoms with Crippen LogP contribution in [0.4, 0.5) is 0 Å². The van der Waals surface area contributed by atoms with Crippen molar-refractivity contribution in [3.63, 3.8) is 0 Å². The highest BCUT2D eigenvalue weighted by Crippen LogP contribution is 2.20. The van der Waals surface area contributed by atoms with E-state index in [1.165, 1.54) is 0 Å². The number of nitrogens with one attached hydrogen (secondary N) is 1. The molecule has 0 fully saturated rings. The van der Waals surface area contributed by atoms with E-state index in [1.807, 2.05) is 20.8 Å². The van der Waals surface area contributed by atoms with Gasteiger partial charge in [-0.3, -0.25) is 15.3 Å². The third-order valence-corrected chi connectivity index (χ3v) is 3.42. The molecule has 2 rings (SSSR count). The summed E-state index contributed by atoms with van der Waals surface area (Å²) >= 11 is 12.0. The molecule has 1 N–H and O–H groups in total. The Kier molecular flexibility index (Phi) is 6.15. The van der Waals surface area contributed by atoms with Gasteiger partial charge in [-0.15, -0.1) is 0 Å². The lowest BCUT2D eigenvalue weighted by molar-refractivity contribution is -0.157. The number of carbonyl (C=O) groups is 1. The minimum absolute atomic E-state index is 0.332. The summed E-state index contributed by atoms with van der Waals surface area (Å²) < 4.78 is 5.48. The molecule has 0 radical (unpaired) electrons. The highest BCUT2D eigenvalue weighted by Gasteiger charge is 2.27. The van der Waals surface area contributed by atoms with Crippen LogP contribution in [0.15, 0.2) is 36.7 Å². The van der Waals surface area contributed by atoms with E-state index in [9.17, 15) is 4.79 Å². The van der Waals surface area contributed by atoms with Gasteiger partial charge in [-0.05, 0) is 45.0 Å². The fourth-order valence-corrected chi connectivity index (χ4v) is 2.35. The van der Waals surface area contributed by atoms with Crippen molar-refractivity contribution in [3.8, 4) is 0 Å². The van der Waals surface area contributed by atoms with Crippen molar-refractivity contribution in [3.05, 3.63) is 58.1 Å². The average molecular weight is 368 g/mol. The monoisotopic (exact) mass is 367 g/mol. The van der Waals surface area contributed by atoms with Gasteiger partial charge in [-0.2, -0.15) is 0 Å². The van der Waals surface area contributed by atoms with Gasteiger partial charge in [0.05, 0.1) is 11.4 Å². The summed E-state index contributed by atoms with van der Waals surface area (Å²) in [6, 6.07) is 5.94. The maximum Gasteiger partial charge on any atom is 0.329 e. The molecule has 0 aliphatic heterocycles. The maximum absolute atomic E-state index is 12.5. The number of nitrogens with zero attached hydrogens (tertiary/aromatic N) is 2. The van der Waals surface area contributed by atoms with Crippen molar-refractivity contribution in [1.29, 1.82) is 0 Å². The van der Waals surface area contributed by atoms with Gasteiger partial charge in [-0.1, -0.05) is 23.2 Å². The van der Waals surface area contributed by atoms with Crippen LogP contribution in [0, 0.1) is 0 Å². The van der Waals surface area contributed by atoms with Crippen molar-refractivity contribution in [2.75, 3.05) is 0 Å². The zero-order valence-electron chi connectivity index (χ0n) is 13.7. The van der Waals surface area contributed by atoms with Crippen molar-refractivity contribution in [2.24, 2.45) is 0 Å². The third-order valence-electron chi connectivity index (χ3n) is 2.95. The first-order chi connectivity index (χ1) is 11.2. The Morgan fingerprint density at radius 3 is 2.38 bits per heavy atom. The Morgan fingerprint density at radius 2 is 1.79 bits per heavy atom. The molecule has 0 saturated heterocycles. The molecule has 128 valence electrons. The van der Waals surface area contributed by atoms with Crippen LogP contribution in [0.5, 0.6) is 0 Å².